The third kappa shape index (κ3) is 4.29. The van der Waals surface area contributed by atoms with E-state index in [9.17, 15) is 18.0 Å². The lowest BCUT2D eigenvalue weighted by Gasteiger charge is -2.18. The summed E-state index contributed by atoms with van der Waals surface area (Å²) in [5.74, 6) is -0.0201. The zero-order valence-corrected chi connectivity index (χ0v) is 13.2. The van der Waals surface area contributed by atoms with Gasteiger partial charge in [0.15, 0.2) is 0 Å². The largest absolute Gasteiger partial charge is 0.401 e. The zero-order chi connectivity index (χ0) is 17.2. The Morgan fingerprint density at radius 2 is 2.12 bits per heavy atom. The molecule has 24 heavy (non-hydrogen) atoms. The number of aromatic amines is 1. The maximum absolute atomic E-state index is 12.4. The molecule has 0 spiro atoms. The molecular formula is C17H20F3N3O. The van der Waals surface area contributed by atoms with Crippen LogP contribution in [0.1, 0.15) is 12.0 Å². The van der Waals surface area contributed by atoms with Crippen molar-refractivity contribution in [3.8, 4) is 0 Å². The molecule has 130 valence electrons. The maximum Gasteiger partial charge on any atom is 0.401 e. The van der Waals surface area contributed by atoms with E-state index in [1.165, 1.54) is 4.90 Å². The number of alkyl halides is 3. The Kier molecular flexibility index (Phi) is 4.80. The van der Waals surface area contributed by atoms with Crippen molar-refractivity contribution < 1.29 is 18.0 Å². The summed E-state index contributed by atoms with van der Waals surface area (Å²) >= 11 is 0. The number of amides is 1. The minimum absolute atomic E-state index is 0.0827. The fourth-order valence-corrected chi connectivity index (χ4v) is 3.25. The summed E-state index contributed by atoms with van der Waals surface area (Å²) in [5, 5.41) is 3.87. The second kappa shape index (κ2) is 6.84. The molecule has 0 aliphatic carbocycles. The Morgan fingerprint density at radius 1 is 1.33 bits per heavy atom. The van der Waals surface area contributed by atoms with Crippen molar-refractivity contribution >= 4 is 16.8 Å². The van der Waals surface area contributed by atoms with Gasteiger partial charge in [0, 0.05) is 30.2 Å². The highest BCUT2D eigenvalue weighted by Crippen LogP contribution is 2.22. The second-order valence-electron chi connectivity index (χ2n) is 6.35. The summed E-state index contributed by atoms with van der Waals surface area (Å²) in [6.45, 7) is 0.373. The number of nitrogens with zero attached hydrogens (tertiary/aromatic N) is 1. The van der Waals surface area contributed by atoms with Crippen LogP contribution in [0.4, 0.5) is 13.2 Å². The van der Waals surface area contributed by atoms with Crippen molar-refractivity contribution in [2.24, 2.45) is 5.92 Å². The highest BCUT2D eigenvalue weighted by atomic mass is 19.4. The number of likely N-dealkylation sites (tertiary alicyclic amines) is 1. The number of nitrogens with one attached hydrogen (secondary N) is 2. The topological polar surface area (TPSA) is 48.1 Å². The molecule has 4 nitrogen and oxygen atoms in total. The van der Waals surface area contributed by atoms with Gasteiger partial charge in [0.25, 0.3) is 0 Å². The number of carbonyl (C=O) groups is 1. The molecule has 0 unspecified atom stereocenters. The number of hydrogen-bond acceptors (Lipinski definition) is 2. The smallest absolute Gasteiger partial charge is 0.361 e. The zero-order valence-electron chi connectivity index (χ0n) is 13.2. The van der Waals surface area contributed by atoms with E-state index in [1.54, 1.807) is 0 Å². The average Bonchev–Trinajstić information content (AvgIpc) is 3.11. The lowest BCUT2D eigenvalue weighted by atomic mass is 10.1. The molecule has 7 heteroatoms. The van der Waals surface area contributed by atoms with Crippen molar-refractivity contribution in [3.05, 3.63) is 36.0 Å². The quantitative estimate of drug-likeness (QED) is 0.880. The Hall–Kier alpha value is -2.02. The Labute approximate surface area is 138 Å². The van der Waals surface area contributed by atoms with Gasteiger partial charge in [0.05, 0.1) is 13.0 Å². The van der Waals surface area contributed by atoms with Crippen molar-refractivity contribution in [1.29, 1.82) is 0 Å². The summed E-state index contributed by atoms with van der Waals surface area (Å²) in [7, 11) is 0. The average molecular weight is 339 g/mol. The molecular weight excluding hydrogens is 319 g/mol. The van der Waals surface area contributed by atoms with Crippen LogP contribution in [0.15, 0.2) is 30.5 Å². The van der Waals surface area contributed by atoms with Gasteiger partial charge in [-0.05, 0) is 30.5 Å². The molecule has 1 atom stereocenters. The summed E-state index contributed by atoms with van der Waals surface area (Å²) in [6, 6.07) is 7.76. The summed E-state index contributed by atoms with van der Waals surface area (Å²) in [5.41, 5.74) is 1.91. The first-order valence-electron chi connectivity index (χ1n) is 8.01. The summed E-state index contributed by atoms with van der Waals surface area (Å²) in [4.78, 5) is 16.6. The molecule has 1 aromatic carbocycles. The SMILES string of the molecule is O=C(Cc1c[nH]c2ccccc12)NC[C@@H]1CCN(CC(F)(F)F)C1. The molecule has 1 aliphatic rings. The minimum Gasteiger partial charge on any atom is -0.361 e. The molecule has 0 bridgehead atoms. The van der Waals surface area contributed by atoms with Crippen molar-refractivity contribution in [2.75, 3.05) is 26.2 Å². The van der Waals surface area contributed by atoms with Crippen LogP contribution in [-0.4, -0.2) is 48.1 Å². The summed E-state index contributed by atoms with van der Waals surface area (Å²) < 4.78 is 37.1. The van der Waals surface area contributed by atoms with Crippen LogP contribution in [0.3, 0.4) is 0 Å². The normalized spacial score (nSPS) is 19.0. The third-order valence-corrected chi connectivity index (χ3v) is 4.39. The number of aromatic nitrogens is 1. The maximum atomic E-state index is 12.4. The first kappa shape index (κ1) is 16.8. The molecule has 0 saturated carbocycles. The number of carbonyl (C=O) groups excluding carboxylic acids is 1. The van der Waals surface area contributed by atoms with Crippen LogP contribution >= 0.6 is 0 Å². The van der Waals surface area contributed by atoms with Crippen LogP contribution in [0.5, 0.6) is 0 Å². The second-order valence-corrected chi connectivity index (χ2v) is 6.35. The van der Waals surface area contributed by atoms with Gasteiger partial charge in [-0.25, -0.2) is 0 Å². The molecule has 1 saturated heterocycles. The Bertz CT molecular complexity index is 710. The van der Waals surface area contributed by atoms with Gasteiger partial charge >= 0.3 is 6.18 Å². The number of H-pyrrole nitrogens is 1. The predicted molar refractivity (Wildman–Crippen MR) is 85.6 cm³/mol. The van der Waals surface area contributed by atoms with E-state index in [4.69, 9.17) is 0 Å². The third-order valence-electron chi connectivity index (χ3n) is 4.39. The number of hydrogen-bond donors (Lipinski definition) is 2. The van der Waals surface area contributed by atoms with Gasteiger partial charge in [-0.1, -0.05) is 18.2 Å². The fourth-order valence-electron chi connectivity index (χ4n) is 3.25. The number of para-hydroxylation sites is 1. The molecule has 1 amide bonds. The van der Waals surface area contributed by atoms with Crippen LogP contribution in [0.25, 0.3) is 10.9 Å². The van der Waals surface area contributed by atoms with Gasteiger partial charge in [0.1, 0.15) is 0 Å². The van der Waals surface area contributed by atoms with Crippen LogP contribution < -0.4 is 5.32 Å². The van der Waals surface area contributed by atoms with Gasteiger partial charge in [-0.15, -0.1) is 0 Å². The monoisotopic (exact) mass is 339 g/mol. The van der Waals surface area contributed by atoms with Crippen LogP contribution in [-0.2, 0) is 11.2 Å². The molecule has 1 aromatic heterocycles. The van der Waals surface area contributed by atoms with E-state index in [0.29, 0.717) is 26.1 Å². The Morgan fingerprint density at radius 3 is 2.92 bits per heavy atom. The van der Waals surface area contributed by atoms with Crippen molar-refractivity contribution in [3.63, 3.8) is 0 Å². The van der Waals surface area contributed by atoms with E-state index in [1.807, 2.05) is 30.5 Å². The highest BCUT2D eigenvalue weighted by Gasteiger charge is 2.34. The molecule has 2 N–H and O–H groups in total. The number of fused-ring (bicyclic) bond motifs is 1. The van der Waals surface area contributed by atoms with E-state index < -0.39 is 12.7 Å². The first-order chi connectivity index (χ1) is 11.4. The summed E-state index contributed by atoms with van der Waals surface area (Å²) in [6.07, 6.45) is -1.38. The molecule has 3 rings (SSSR count). The lowest BCUT2D eigenvalue weighted by Crippen LogP contribution is -2.35. The van der Waals surface area contributed by atoms with E-state index >= 15 is 0 Å². The number of benzene rings is 1. The van der Waals surface area contributed by atoms with Gasteiger partial charge in [0.2, 0.25) is 5.91 Å². The van der Waals surface area contributed by atoms with Crippen LogP contribution in [0.2, 0.25) is 0 Å². The minimum atomic E-state index is -4.16. The van der Waals surface area contributed by atoms with E-state index in [2.05, 4.69) is 10.3 Å². The standard InChI is InChI=1S/C17H20F3N3O/c18-17(19,20)11-23-6-5-12(10-23)8-22-16(24)7-13-9-21-15-4-2-1-3-14(13)15/h1-4,9,12,21H,5-8,10-11H2,(H,22,24)/t12-/m0/s1. The fraction of sp³-hybridized carbons (Fsp3) is 0.471. The van der Waals surface area contributed by atoms with E-state index in [-0.39, 0.29) is 18.2 Å². The van der Waals surface area contributed by atoms with Crippen molar-refractivity contribution in [1.82, 2.24) is 15.2 Å². The van der Waals surface area contributed by atoms with Gasteiger partial charge in [-0.3, -0.25) is 9.69 Å². The molecule has 2 heterocycles. The molecule has 2 aromatic rings. The number of rotatable bonds is 5. The van der Waals surface area contributed by atoms with Gasteiger partial charge < -0.3 is 10.3 Å². The predicted octanol–water partition coefficient (Wildman–Crippen LogP) is 2.71. The van der Waals surface area contributed by atoms with Gasteiger partial charge in [-0.2, -0.15) is 13.2 Å². The Balaban J connectivity index is 1.46. The lowest BCUT2D eigenvalue weighted by molar-refractivity contribution is -0.143. The highest BCUT2D eigenvalue weighted by molar-refractivity contribution is 5.88. The first-order valence-corrected chi connectivity index (χ1v) is 8.01. The van der Waals surface area contributed by atoms with Crippen molar-refractivity contribution in [2.45, 2.75) is 19.0 Å². The number of halogens is 3. The molecule has 0 radical (unpaired) electrons. The molecule has 1 aliphatic heterocycles. The van der Waals surface area contributed by atoms with Crippen LogP contribution in [0, 0.1) is 5.92 Å². The molecule has 1 fully saturated rings. The van der Waals surface area contributed by atoms with E-state index in [0.717, 1.165) is 16.5 Å².